The number of rotatable bonds is 7. The Morgan fingerprint density at radius 1 is 0.917 bits per heavy atom. The van der Waals surface area contributed by atoms with Gasteiger partial charge in [-0.3, -0.25) is 4.79 Å². The van der Waals surface area contributed by atoms with E-state index in [-0.39, 0.29) is 10.9 Å². The molecule has 0 aliphatic carbocycles. The van der Waals surface area contributed by atoms with Crippen LogP contribution >= 0.6 is 0 Å². The summed E-state index contributed by atoms with van der Waals surface area (Å²) in [7, 11) is -7.17. The normalized spacial score (nSPS) is 14.0. The fraction of sp³-hybridized carbons (Fsp3) is 0.533. The van der Waals surface area contributed by atoms with E-state index in [1.54, 1.807) is 13.8 Å². The van der Waals surface area contributed by atoms with Crippen LogP contribution in [-0.2, 0) is 24.7 Å². The number of carbonyl (C=O) groups excluding carboxylic acids is 1. The summed E-state index contributed by atoms with van der Waals surface area (Å²) in [6, 6.07) is 5.30. The Labute approximate surface area is 143 Å². The zero-order valence-electron chi connectivity index (χ0n) is 14.4. The van der Waals surface area contributed by atoms with Gasteiger partial charge in [-0.05, 0) is 58.9 Å². The summed E-state index contributed by atoms with van der Waals surface area (Å²) in [4.78, 5) is 12.1. The third-order valence-corrected chi connectivity index (χ3v) is 7.53. The molecule has 1 rings (SSSR count). The van der Waals surface area contributed by atoms with Crippen LogP contribution in [0.5, 0.6) is 0 Å². The molecule has 0 saturated carbocycles. The molecule has 24 heavy (non-hydrogen) atoms. The molecule has 7 nitrogen and oxygen atoms in total. The van der Waals surface area contributed by atoms with Crippen LogP contribution in [0.2, 0.25) is 0 Å². The SMILES string of the molecule is CC(C)NS(=O)(=O)c1ccc(NC(=O)C(C)S(=O)(=O)C(C)C)cc1. The lowest BCUT2D eigenvalue weighted by Crippen LogP contribution is -2.36. The summed E-state index contributed by atoms with van der Waals surface area (Å²) < 4.78 is 50.5. The number of carbonyl (C=O) groups is 1. The van der Waals surface area contributed by atoms with Crippen LogP contribution in [0.4, 0.5) is 5.69 Å². The van der Waals surface area contributed by atoms with Gasteiger partial charge in [-0.25, -0.2) is 21.6 Å². The van der Waals surface area contributed by atoms with Gasteiger partial charge in [-0.2, -0.15) is 0 Å². The molecule has 1 aromatic rings. The van der Waals surface area contributed by atoms with Crippen LogP contribution in [0.15, 0.2) is 29.2 Å². The monoisotopic (exact) mass is 376 g/mol. The maximum atomic E-state index is 12.1. The average Bonchev–Trinajstić information content (AvgIpc) is 2.45. The maximum absolute atomic E-state index is 12.1. The van der Waals surface area contributed by atoms with E-state index in [1.165, 1.54) is 45.0 Å². The Kier molecular flexibility index (Phi) is 6.54. The van der Waals surface area contributed by atoms with Crippen LogP contribution in [0.3, 0.4) is 0 Å². The standard InChI is InChI=1S/C15H24N2O5S2/c1-10(2)17-24(21,22)14-8-6-13(7-9-14)16-15(18)12(5)23(19,20)11(3)4/h6-12,17H,1-5H3,(H,16,18). The molecule has 2 N–H and O–H groups in total. The molecule has 1 atom stereocenters. The van der Waals surface area contributed by atoms with E-state index in [9.17, 15) is 21.6 Å². The highest BCUT2D eigenvalue weighted by Gasteiger charge is 2.30. The van der Waals surface area contributed by atoms with Gasteiger partial charge in [0, 0.05) is 11.7 Å². The van der Waals surface area contributed by atoms with Gasteiger partial charge >= 0.3 is 0 Å². The van der Waals surface area contributed by atoms with Gasteiger partial charge in [0.1, 0.15) is 5.25 Å². The van der Waals surface area contributed by atoms with Crippen molar-refractivity contribution in [3.8, 4) is 0 Å². The lowest BCUT2D eigenvalue weighted by atomic mass is 10.3. The van der Waals surface area contributed by atoms with Crippen molar-refractivity contribution >= 4 is 31.5 Å². The third kappa shape index (κ3) is 5.02. The Balaban J connectivity index is 2.90. The van der Waals surface area contributed by atoms with Gasteiger partial charge in [0.05, 0.1) is 10.1 Å². The first-order chi connectivity index (χ1) is 10.9. The lowest BCUT2D eigenvalue weighted by molar-refractivity contribution is -0.115. The highest BCUT2D eigenvalue weighted by molar-refractivity contribution is 7.93. The number of anilines is 1. The van der Waals surface area contributed by atoms with Crippen molar-refractivity contribution in [3.05, 3.63) is 24.3 Å². The maximum Gasteiger partial charge on any atom is 0.242 e. The number of benzene rings is 1. The van der Waals surface area contributed by atoms with E-state index in [0.717, 1.165) is 0 Å². The Hall–Kier alpha value is -1.45. The van der Waals surface area contributed by atoms with Crippen LogP contribution in [0.25, 0.3) is 0 Å². The molecule has 0 aromatic heterocycles. The number of nitrogens with one attached hydrogen (secondary N) is 2. The van der Waals surface area contributed by atoms with Crippen LogP contribution in [-0.4, -0.2) is 39.3 Å². The summed E-state index contributed by atoms with van der Waals surface area (Å²) in [5, 5.41) is 0.638. The molecule has 1 unspecified atom stereocenters. The van der Waals surface area contributed by atoms with Gasteiger partial charge in [0.2, 0.25) is 15.9 Å². The van der Waals surface area contributed by atoms with E-state index in [0.29, 0.717) is 5.69 Å². The summed E-state index contributed by atoms with van der Waals surface area (Å²) in [5.41, 5.74) is 0.328. The number of amides is 1. The fourth-order valence-electron chi connectivity index (χ4n) is 1.90. The summed E-state index contributed by atoms with van der Waals surface area (Å²) in [5.74, 6) is -0.653. The second kappa shape index (κ2) is 7.62. The van der Waals surface area contributed by atoms with Crippen molar-refractivity contribution in [1.29, 1.82) is 0 Å². The molecule has 0 spiro atoms. The Morgan fingerprint density at radius 2 is 1.42 bits per heavy atom. The number of hydrogen-bond acceptors (Lipinski definition) is 5. The molecule has 0 aliphatic heterocycles. The minimum absolute atomic E-state index is 0.0667. The minimum atomic E-state index is -3.61. The predicted molar refractivity (Wildman–Crippen MR) is 94.0 cm³/mol. The van der Waals surface area contributed by atoms with Crippen molar-refractivity contribution < 1.29 is 21.6 Å². The van der Waals surface area contributed by atoms with Crippen molar-refractivity contribution in [3.63, 3.8) is 0 Å². The smallest absolute Gasteiger partial charge is 0.242 e. The molecule has 136 valence electrons. The zero-order chi connectivity index (χ0) is 18.7. The van der Waals surface area contributed by atoms with Crippen LogP contribution < -0.4 is 10.0 Å². The molecule has 0 saturated heterocycles. The first kappa shape index (κ1) is 20.6. The molecule has 0 heterocycles. The molecule has 1 aromatic carbocycles. The highest BCUT2D eigenvalue weighted by Crippen LogP contribution is 2.16. The Bertz CT molecular complexity index is 782. The number of hydrogen-bond donors (Lipinski definition) is 2. The molecule has 0 radical (unpaired) electrons. The minimum Gasteiger partial charge on any atom is -0.325 e. The van der Waals surface area contributed by atoms with Crippen LogP contribution in [0, 0.1) is 0 Å². The molecule has 1 amide bonds. The zero-order valence-corrected chi connectivity index (χ0v) is 16.0. The van der Waals surface area contributed by atoms with Crippen LogP contribution in [0.1, 0.15) is 34.6 Å². The Morgan fingerprint density at radius 3 is 1.83 bits per heavy atom. The lowest BCUT2D eigenvalue weighted by Gasteiger charge is -2.16. The van der Waals surface area contributed by atoms with Gasteiger partial charge in [0.25, 0.3) is 0 Å². The van der Waals surface area contributed by atoms with E-state index in [4.69, 9.17) is 0 Å². The van der Waals surface area contributed by atoms with Gasteiger partial charge < -0.3 is 5.32 Å². The first-order valence-electron chi connectivity index (χ1n) is 7.54. The summed E-state index contributed by atoms with van der Waals surface area (Å²) in [6.07, 6.45) is 0. The first-order valence-corrected chi connectivity index (χ1v) is 10.6. The molecular formula is C15H24N2O5S2. The van der Waals surface area contributed by atoms with E-state index in [1.807, 2.05) is 0 Å². The molecule has 0 fully saturated rings. The second-order valence-electron chi connectivity index (χ2n) is 6.07. The second-order valence-corrected chi connectivity index (χ2v) is 10.6. The fourth-order valence-corrected chi connectivity index (χ4v) is 4.32. The average molecular weight is 377 g/mol. The third-order valence-electron chi connectivity index (χ3n) is 3.34. The topological polar surface area (TPSA) is 109 Å². The number of sulfone groups is 1. The van der Waals surface area contributed by atoms with Gasteiger partial charge in [0.15, 0.2) is 9.84 Å². The van der Waals surface area contributed by atoms with E-state index >= 15 is 0 Å². The molecule has 0 aliphatic rings. The predicted octanol–water partition coefficient (Wildman–Crippen LogP) is 1.52. The van der Waals surface area contributed by atoms with Crippen molar-refractivity contribution in [2.24, 2.45) is 0 Å². The van der Waals surface area contributed by atoms with Gasteiger partial charge in [-0.15, -0.1) is 0 Å². The van der Waals surface area contributed by atoms with E-state index in [2.05, 4.69) is 10.0 Å². The highest BCUT2D eigenvalue weighted by atomic mass is 32.2. The summed E-state index contributed by atoms with van der Waals surface area (Å²) in [6.45, 7) is 7.78. The van der Waals surface area contributed by atoms with Gasteiger partial charge in [-0.1, -0.05) is 0 Å². The van der Waals surface area contributed by atoms with E-state index < -0.39 is 36.3 Å². The van der Waals surface area contributed by atoms with Crippen molar-refractivity contribution in [1.82, 2.24) is 4.72 Å². The summed E-state index contributed by atoms with van der Waals surface area (Å²) >= 11 is 0. The number of sulfonamides is 1. The quantitative estimate of drug-likeness (QED) is 0.750. The largest absolute Gasteiger partial charge is 0.325 e. The molecule has 0 bridgehead atoms. The molecular weight excluding hydrogens is 352 g/mol. The molecule has 9 heteroatoms. The van der Waals surface area contributed by atoms with Crippen molar-refractivity contribution in [2.45, 2.75) is 56.1 Å². The van der Waals surface area contributed by atoms with Crippen molar-refractivity contribution in [2.75, 3.05) is 5.32 Å².